The van der Waals surface area contributed by atoms with Gasteiger partial charge in [-0.25, -0.2) is 4.39 Å². The second-order valence-corrected chi connectivity index (χ2v) is 4.73. The first-order valence-electron chi connectivity index (χ1n) is 6.63. The van der Waals surface area contributed by atoms with E-state index in [9.17, 15) is 14.3 Å². The summed E-state index contributed by atoms with van der Waals surface area (Å²) in [6.45, 7) is 2.61. The van der Waals surface area contributed by atoms with Crippen molar-refractivity contribution in [2.24, 2.45) is 0 Å². The van der Waals surface area contributed by atoms with Crippen molar-refractivity contribution in [1.29, 1.82) is 0 Å². The number of rotatable bonds is 4. The van der Waals surface area contributed by atoms with Crippen molar-refractivity contribution in [3.05, 3.63) is 59.4 Å². The summed E-state index contributed by atoms with van der Waals surface area (Å²) >= 11 is 0. The second-order valence-electron chi connectivity index (χ2n) is 4.73. The smallest absolute Gasteiger partial charge is 0.257 e. The molecule has 0 unspecified atom stereocenters. The van der Waals surface area contributed by atoms with E-state index >= 15 is 0 Å². The van der Waals surface area contributed by atoms with Gasteiger partial charge in [0.15, 0.2) is 0 Å². The molecular weight excluding hydrogens is 271 g/mol. The molecule has 2 aromatic carbocycles. The lowest BCUT2D eigenvalue weighted by Gasteiger charge is -2.21. The van der Waals surface area contributed by atoms with Gasteiger partial charge in [-0.3, -0.25) is 4.79 Å². The van der Waals surface area contributed by atoms with Gasteiger partial charge in [-0.15, -0.1) is 0 Å². The lowest BCUT2D eigenvalue weighted by Crippen LogP contribution is -2.31. The number of nitrogens with two attached hydrogens (primary N) is 1. The van der Waals surface area contributed by atoms with E-state index in [1.165, 1.54) is 17.0 Å². The van der Waals surface area contributed by atoms with Gasteiger partial charge in [0, 0.05) is 24.8 Å². The molecule has 0 bridgehead atoms. The second kappa shape index (κ2) is 6.26. The van der Waals surface area contributed by atoms with Gasteiger partial charge in [0.05, 0.1) is 5.56 Å². The monoisotopic (exact) mass is 288 g/mol. The third-order valence-electron chi connectivity index (χ3n) is 3.18. The third-order valence-corrected chi connectivity index (χ3v) is 3.18. The zero-order valence-electron chi connectivity index (χ0n) is 11.7. The minimum atomic E-state index is -0.731. The molecule has 0 spiro atoms. The van der Waals surface area contributed by atoms with Crippen LogP contribution in [0.15, 0.2) is 42.5 Å². The van der Waals surface area contributed by atoms with Crippen LogP contribution >= 0.6 is 0 Å². The molecule has 0 saturated carbocycles. The highest BCUT2D eigenvalue weighted by Crippen LogP contribution is 2.18. The number of benzene rings is 2. The number of aromatic hydroxyl groups is 1. The average molecular weight is 288 g/mol. The summed E-state index contributed by atoms with van der Waals surface area (Å²) in [5.74, 6) is -1.36. The number of phenols is 1. The molecule has 0 saturated heterocycles. The number of halogens is 1. The van der Waals surface area contributed by atoms with Crippen molar-refractivity contribution in [3.8, 4) is 5.75 Å². The Morgan fingerprint density at radius 3 is 2.67 bits per heavy atom. The third kappa shape index (κ3) is 3.51. The molecule has 2 rings (SSSR count). The summed E-state index contributed by atoms with van der Waals surface area (Å²) in [7, 11) is 0. The van der Waals surface area contributed by atoms with E-state index < -0.39 is 11.7 Å². The van der Waals surface area contributed by atoms with Crippen LogP contribution in [0.2, 0.25) is 0 Å². The van der Waals surface area contributed by atoms with Crippen molar-refractivity contribution in [2.75, 3.05) is 12.3 Å². The largest absolute Gasteiger partial charge is 0.508 e. The van der Waals surface area contributed by atoms with Gasteiger partial charge in [0.1, 0.15) is 11.6 Å². The quantitative estimate of drug-likeness (QED) is 0.850. The van der Waals surface area contributed by atoms with E-state index in [2.05, 4.69) is 0 Å². The SMILES string of the molecule is CCN(Cc1cccc(N)c1)C(=O)c1ccc(O)cc1F. The number of nitrogen functional groups attached to an aromatic ring is 1. The molecule has 2 aromatic rings. The highest BCUT2D eigenvalue weighted by molar-refractivity contribution is 5.94. The fraction of sp³-hybridized carbons (Fsp3) is 0.188. The number of hydrogen-bond acceptors (Lipinski definition) is 3. The predicted octanol–water partition coefficient (Wildman–Crippen LogP) is 2.78. The van der Waals surface area contributed by atoms with Gasteiger partial charge >= 0.3 is 0 Å². The zero-order valence-corrected chi connectivity index (χ0v) is 11.7. The minimum absolute atomic E-state index is 0.0569. The molecule has 0 aliphatic carbocycles. The topological polar surface area (TPSA) is 66.6 Å². The van der Waals surface area contributed by atoms with Crippen LogP contribution in [0, 0.1) is 5.82 Å². The Kier molecular flexibility index (Phi) is 4.42. The molecule has 0 fully saturated rings. The maximum atomic E-state index is 13.8. The molecule has 21 heavy (non-hydrogen) atoms. The number of carbonyl (C=O) groups is 1. The standard InChI is InChI=1S/C16H17FN2O2/c1-2-19(10-11-4-3-5-12(18)8-11)16(21)14-7-6-13(20)9-15(14)17/h3-9,20H,2,10,18H2,1H3. The van der Waals surface area contributed by atoms with Crippen LogP contribution in [0.1, 0.15) is 22.8 Å². The van der Waals surface area contributed by atoms with Gasteiger partial charge in [-0.2, -0.15) is 0 Å². The molecule has 3 N–H and O–H groups in total. The number of carbonyl (C=O) groups excluding carboxylic acids is 1. The first kappa shape index (κ1) is 14.8. The van der Waals surface area contributed by atoms with Gasteiger partial charge in [0.2, 0.25) is 0 Å². The van der Waals surface area contributed by atoms with Crippen LogP contribution in [0.5, 0.6) is 5.75 Å². The van der Waals surface area contributed by atoms with E-state index in [0.717, 1.165) is 11.6 Å². The Morgan fingerprint density at radius 2 is 2.05 bits per heavy atom. The van der Waals surface area contributed by atoms with Gasteiger partial charge < -0.3 is 15.7 Å². The van der Waals surface area contributed by atoms with Gasteiger partial charge in [-0.1, -0.05) is 12.1 Å². The number of amides is 1. The van der Waals surface area contributed by atoms with Crippen molar-refractivity contribution < 1.29 is 14.3 Å². The van der Waals surface area contributed by atoms with E-state index in [0.29, 0.717) is 18.8 Å². The van der Waals surface area contributed by atoms with Crippen LogP contribution in [0.4, 0.5) is 10.1 Å². The highest BCUT2D eigenvalue weighted by atomic mass is 19.1. The molecule has 0 aliphatic heterocycles. The maximum absolute atomic E-state index is 13.8. The lowest BCUT2D eigenvalue weighted by molar-refractivity contribution is 0.0748. The normalized spacial score (nSPS) is 10.4. The molecule has 5 heteroatoms. The predicted molar refractivity (Wildman–Crippen MR) is 79.3 cm³/mol. The van der Waals surface area contributed by atoms with E-state index in [1.54, 1.807) is 12.1 Å². The van der Waals surface area contributed by atoms with Crippen molar-refractivity contribution in [3.63, 3.8) is 0 Å². The number of phenolic OH excluding ortho intramolecular Hbond substituents is 1. The van der Waals surface area contributed by atoms with Crippen molar-refractivity contribution >= 4 is 11.6 Å². The summed E-state index contributed by atoms with van der Waals surface area (Å²) in [6.07, 6.45) is 0. The first-order chi connectivity index (χ1) is 10.0. The number of hydrogen-bond donors (Lipinski definition) is 2. The molecule has 0 radical (unpaired) electrons. The van der Waals surface area contributed by atoms with Crippen LogP contribution in [-0.2, 0) is 6.54 Å². The molecular formula is C16H17FN2O2. The highest BCUT2D eigenvalue weighted by Gasteiger charge is 2.18. The maximum Gasteiger partial charge on any atom is 0.257 e. The van der Waals surface area contributed by atoms with E-state index in [-0.39, 0.29) is 11.3 Å². The Balaban J connectivity index is 2.22. The van der Waals surface area contributed by atoms with Crippen LogP contribution in [0.3, 0.4) is 0 Å². The summed E-state index contributed by atoms with van der Waals surface area (Å²) < 4.78 is 13.8. The molecule has 4 nitrogen and oxygen atoms in total. The zero-order chi connectivity index (χ0) is 15.4. The minimum Gasteiger partial charge on any atom is -0.508 e. The first-order valence-corrected chi connectivity index (χ1v) is 6.63. The summed E-state index contributed by atoms with van der Waals surface area (Å²) in [6, 6.07) is 10.7. The summed E-state index contributed by atoms with van der Waals surface area (Å²) in [4.78, 5) is 13.9. The molecule has 0 heterocycles. The lowest BCUT2D eigenvalue weighted by atomic mass is 10.1. The Bertz CT molecular complexity index is 658. The Morgan fingerprint density at radius 1 is 1.29 bits per heavy atom. The fourth-order valence-corrected chi connectivity index (χ4v) is 2.09. The van der Waals surface area contributed by atoms with Crippen LogP contribution < -0.4 is 5.73 Å². The number of nitrogens with zero attached hydrogens (tertiary/aromatic N) is 1. The Labute approximate surface area is 122 Å². The van der Waals surface area contributed by atoms with Crippen molar-refractivity contribution in [2.45, 2.75) is 13.5 Å². The molecule has 0 atom stereocenters. The van der Waals surface area contributed by atoms with E-state index in [4.69, 9.17) is 5.73 Å². The van der Waals surface area contributed by atoms with E-state index in [1.807, 2.05) is 19.1 Å². The molecule has 0 aromatic heterocycles. The fourth-order valence-electron chi connectivity index (χ4n) is 2.09. The summed E-state index contributed by atoms with van der Waals surface area (Å²) in [5, 5.41) is 9.20. The molecule has 1 amide bonds. The van der Waals surface area contributed by atoms with Crippen molar-refractivity contribution in [1.82, 2.24) is 4.90 Å². The average Bonchev–Trinajstić information content (AvgIpc) is 2.44. The van der Waals surface area contributed by atoms with Gasteiger partial charge in [0.25, 0.3) is 5.91 Å². The summed E-state index contributed by atoms with van der Waals surface area (Å²) in [5.41, 5.74) is 7.15. The Hall–Kier alpha value is -2.56. The van der Waals surface area contributed by atoms with Crippen LogP contribution in [0.25, 0.3) is 0 Å². The number of anilines is 1. The van der Waals surface area contributed by atoms with Crippen LogP contribution in [-0.4, -0.2) is 22.5 Å². The molecule has 110 valence electrons. The molecule has 0 aliphatic rings. The van der Waals surface area contributed by atoms with Gasteiger partial charge in [-0.05, 0) is 36.8 Å².